The molecule has 1 fully saturated rings. The van der Waals surface area contributed by atoms with Crippen molar-refractivity contribution in [2.75, 3.05) is 30.2 Å². The monoisotopic (exact) mass is 565 g/mol. The average Bonchev–Trinajstić information content (AvgIpc) is 3.54. The Bertz CT molecular complexity index is 1310. The van der Waals surface area contributed by atoms with E-state index in [4.69, 9.17) is 14.2 Å². The Balaban J connectivity index is 1.10. The summed E-state index contributed by atoms with van der Waals surface area (Å²) in [5.41, 5.74) is 2.23. The number of amides is 3. The molecule has 0 radical (unpaired) electrons. The average molecular weight is 566 g/mol. The smallest absolute Gasteiger partial charge is 0.262 e. The van der Waals surface area contributed by atoms with Gasteiger partial charge >= 0.3 is 0 Å². The Hall–Kier alpha value is -4.05. The van der Waals surface area contributed by atoms with Crippen molar-refractivity contribution in [3.63, 3.8) is 0 Å². The number of anilines is 2. The molecule has 2 N–H and O–H groups in total. The minimum Gasteiger partial charge on any atom is -0.484 e. The molecule has 1 saturated heterocycles. The van der Waals surface area contributed by atoms with Crippen LogP contribution >= 0.6 is 15.9 Å². The van der Waals surface area contributed by atoms with Crippen molar-refractivity contribution in [3.8, 4) is 17.2 Å². The highest BCUT2D eigenvalue weighted by atomic mass is 79.9. The van der Waals surface area contributed by atoms with Gasteiger partial charge < -0.3 is 29.7 Å². The van der Waals surface area contributed by atoms with E-state index in [1.54, 1.807) is 41.3 Å². The molecule has 9 nitrogen and oxygen atoms in total. The molecule has 0 aliphatic carbocycles. The molecule has 0 aromatic heterocycles. The van der Waals surface area contributed by atoms with Gasteiger partial charge in [-0.2, -0.15) is 0 Å². The summed E-state index contributed by atoms with van der Waals surface area (Å²) in [7, 11) is 0. The fraction of sp³-hybridized carbons (Fsp3) is 0.222. The number of carbonyl (C=O) groups is 3. The van der Waals surface area contributed by atoms with Crippen LogP contribution < -0.4 is 29.7 Å². The number of ether oxygens (including phenoxy) is 3. The summed E-state index contributed by atoms with van der Waals surface area (Å²) in [4.78, 5) is 39.1. The van der Waals surface area contributed by atoms with Crippen molar-refractivity contribution < 1.29 is 28.6 Å². The number of nitrogens with zero attached hydrogens (tertiary/aromatic N) is 1. The summed E-state index contributed by atoms with van der Waals surface area (Å²) >= 11 is 3.35. The largest absolute Gasteiger partial charge is 0.484 e. The highest BCUT2D eigenvalue weighted by Crippen LogP contribution is 2.32. The Kier molecular flexibility index (Phi) is 7.27. The van der Waals surface area contributed by atoms with Gasteiger partial charge in [-0.15, -0.1) is 0 Å². The van der Waals surface area contributed by atoms with Crippen molar-refractivity contribution in [2.45, 2.75) is 13.0 Å². The maximum Gasteiger partial charge on any atom is 0.262 e. The maximum atomic E-state index is 12.7. The van der Waals surface area contributed by atoms with Gasteiger partial charge in [0.15, 0.2) is 18.1 Å². The van der Waals surface area contributed by atoms with E-state index in [9.17, 15) is 14.4 Å². The summed E-state index contributed by atoms with van der Waals surface area (Å²) in [6.07, 6.45) is 0.140. The first-order valence-corrected chi connectivity index (χ1v) is 12.5. The van der Waals surface area contributed by atoms with Crippen molar-refractivity contribution in [2.24, 2.45) is 5.92 Å². The van der Waals surface area contributed by atoms with Crippen LogP contribution in [0.4, 0.5) is 11.4 Å². The van der Waals surface area contributed by atoms with Gasteiger partial charge in [-0.3, -0.25) is 14.4 Å². The number of halogens is 1. The Morgan fingerprint density at radius 3 is 2.54 bits per heavy atom. The quantitative estimate of drug-likeness (QED) is 0.429. The number of carbonyl (C=O) groups excluding carboxylic acids is 3. The molecule has 3 amide bonds. The molecular weight excluding hydrogens is 542 g/mol. The van der Waals surface area contributed by atoms with E-state index in [1.165, 1.54) is 0 Å². The molecule has 0 unspecified atom stereocenters. The predicted octanol–water partition coefficient (Wildman–Crippen LogP) is 3.86. The minimum absolute atomic E-state index is 0.120. The van der Waals surface area contributed by atoms with Crippen molar-refractivity contribution >= 4 is 45.0 Å². The second-order valence-corrected chi connectivity index (χ2v) is 9.56. The molecule has 1 atom stereocenters. The normalized spacial score (nSPS) is 16.0. The number of benzene rings is 3. The van der Waals surface area contributed by atoms with Gasteiger partial charge in [0, 0.05) is 35.4 Å². The second kappa shape index (κ2) is 10.9. The Labute approximate surface area is 221 Å². The first-order valence-electron chi connectivity index (χ1n) is 11.7. The highest BCUT2D eigenvalue weighted by molar-refractivity contribution is 9.10. The van der Waals surface area contributed by atoms with E-state index in [-0.39, 0.29) is 37.5 Å². The molecule has 5 rings (SSSR count). The van der Waals surface area contributed by atoms with E-state index < -0.39 is 5.92 Å². The molecule has 3 aromatic carbocycles. The van der Waals surface area contributed by atoms with Crippen LogP contribution in [0.15, 0.2) is 71.2 Å². The lowest BCUT2D eigenvalue weighted by molar-refractivity contribution is -0.126. The number of hydrogen-bond acceptors (Lipinski definition) is 6. The van der Waals surface area contributed by atoms with Crippen LogP contribution in [-0.2, 0) is 20.9 Å². The molecule has 3 aromatic rings. The summed E-state index contributed by atoms with van der Waals surface area (Å²) in [5, 5.41) is 5.67. The third-order valence-electron chi connectivity index (χ3n) is 6.05. The van der Waals surface area contributed by atoms with Gasteiger partial charge in [-0.1, -0.05) is 22.0 Å². The molecule has 190 valence electrons. The van der Waals surface area contributed by atoms with Crippen LogP contribution in [0, 0.1) is 5.92 Å². The van der Waals surface area contributed by atoms with E-state index >= 15 is 0 Å². The summed E-state index contributed by atoms with van der Waals surface area (Å²) in [6, 6.07) is 19.6. The molecule has 10 heteroatoms. The minimum atomic E-state index is -0.445. The fourth-order valence-corrected chi connectivity index (χ4v) is 4.38. The molecular formula is C27H24BrN3O6. The van der Waals surface area contributed by atoms with E-state index in [0.29, 0.717) is 41.7 Å². The van der Waals surface area contributed by atoms with Crippen molar-refractivity contribution in [1.29, 1.82) is 0 Å². The van der Waals surface area contributed by atoms with E-state index in [2.05, 4.69) is 26.6 Å². The van der Waals surface area contributed by atoms with Crippen LogP contribution in [0.25, 0.3) is 0 Å². The van der Waals surface area contributed by atoms with Gasteiger partial charge in [0.2, 0.25) is 18.6 Å². The number of hydrogen-bond donors (Lipinski definition) is 2. The van der Waals surface area contributed by atoms with Gasteiger partial charge in [0.25, 0.3) is 5.91 Å². The maximum absolute atomic E-state index is 12.7. The van der Waals surface area contributed by atoms with Crippen molar-refractivity contribution in [1.82, 2.24) is 5.32 Å². The summed E-state index contributed by atoms with van der Waals surface area (Å²) in [5.74, 6) is 0.824. The Morgan fingerprint density at radius 1 is 1.00 bits per heavy atom. The first-order chi connectivity index (χ1) is 17.9. The first kappa shape index (κ1) is 24.6. The third-order valence-corrected chi connectivity index (χ3v) is 6.57. The van der Waals surface area contributed by atoms with Gasteiger partial charge in [0.05, 0.1) is 5.92 Å². The molecule has 37 heavy (non-hydrogen) atoms. The number of nitrogens with one attached hydrogen (secondary N) is 2. The van der Waals surface area contributed by atoms with Crippen LogP contribution in [0.3, 0.4) is 0 Å². The molecule has 0 spiro atoms. The summed E-state index contributed by atoms with van der Waals surface area (Å²) in [6.45, 7) is 0.674. The Morgan fingerprint density at radius 2 is 1.76 bits per heavy atom. The molecule has 2 aliphatic heterocycles. The molecule has 0 bridgehead atoms. The van der Waals surface area contributed by atoms with Crippen LogP contribution in [0.5, 0.6) is 17.2 Å². The third kappa shape index (κ3) is 6.03. The number of fused-ring (bicyclic) bond motifs is 1. The zero-order chi connectivity index (χ0) is 25.8. The fourth-order valence-electron chi connectivity index (χ4n) is 4.12. The van der Waals surface area contributed by atoms with Gasteiger partial charge in [-0.25, -0.2) is 0 Å². The lowest BCUT2D eigenvalue weighted by atomic mass is 10.1. The summed E-state index contributed by atoms with van der Waals surface area (Å²) < 4.78 is 17.2. The van der Waals surface area contributed by atoms with Crippen LogP contribution in [0.2, 0.25) is 0 Å². The number of rotatable bonds is 8. The van der Waals surface area contributed by atoms with Crippen LogP contribution in [-0.4, -0.2) is 37.7 Å². The highest BCUT2D eigenvalue weighted by Gasteiger charge is 2.35. The topological polar surface area (TPSA) is 106 Å². The standard InChI is InChI=1S/C27H24BrN3O6/c28-19-2-4-20(5-3-19)30-25(32)15-35-22-8-6-21(7-9-22)31-14-18(12-26(31)33)27(34)29-13-17-1-10-23-24(11-17)37-16-36-23/h1-11,18H,12-16H2,(H,29,34)(H,30,32)/t18-/m0/s1. The molecule has 0 saturated carbocycles. The predicted molar refractivity (Wildman–Crippen MR) is 140 cm³/mol. The van der Waals surface area contributed by atoms with E-state index in [1.807, 2.05) is 30.3 Å². The lowest BCUT2D eigenvalue weighted by Gasteiger charge is -2.17. The van der Waals surface area contributed by atoms with E-state index in [0.717, 1.165) is 10.0 Å². The lowest BCUT2D eigenvalue weighted by Crippen LogP contribution is -2.32. The zero-order valence-electron chi connectivity index (χ0n) is 19.7. The second-order valence-electron chi connectivity index (χ2n) is 8.65. The molecule has 2 heterocycles. The molecule has 2 aliphatic rings. The zero-order valence-corrected chi connectivity index (χ0v) is 21.3. The SMILES string of the molecule is O=C(COc1ccc(N2C[C@@H](C(=O)NCc3ccc4c(c3)OCO4)CC2=O)cc1)Nc1ccc(Br)cc1. The van der Waals surface area contributed by atoms with Crippen LogP contribution in [0.1, 0.15) is 12.0 Å². The van der Waals surface area contributed by atoms with Crippen molar-refractivity contribution in [3.05, 3.63) is 76.8 Å². The van der Waals surface area contributed by atoms with Gasteiger partial charge in [0.1, 0.15) is 5.75 Å². The van der Waals surface area contributed by atoms with Gasteiger partial charge in [-0.05, 0) is 66.2 Å².